The van der Waals surface area contributed by atoms with E-state index in [1.54, 1.807) is 18.2 Å². The molecule has 0 unspecified atom stereocenters. The highest BCUT2D eigenvalue weighted by Gasteiger charge is 2.14. The van der Waals surface area contributed by atoms with Crippen LogP contribution in [0.5, 0.6) is 0 Å². The summed E-state index contributed by atoms with van der Waals surface area (Å²) in [5.41, 5.74) is -0.927. The monoisotopic (exact) mass is 386 g/mol. The third kappa shape index (κ3) is 2.62. The first kappa shape index (κ1) is 14.0. The number of hydrogen-bond donors (Lipinski definition) is 1. The Kier molecular flexibility index (Phi) is 3.86. The summed E-state index contributed by atoms with van der Waals surface area (Å²) in [6.45, 7) is 1.27. The van der Waals surface area contributed by atoms with Gasteiger partial charge in [-0.25, -0.2) is 9.36 Å². The van der Waals surface area contributed by atoms with E-state index < -0.39 is 17.0 Å². The van der Waals surface area contributed by atoms with Crippen molar-refractivity contribution in [3.05, 3.63) is 59.7 Å². The van der Waals surface area contributed by atoms with Crippen molar-refractivity contribution in [1.82, 2.24) is 9.55 Å². The number of nitrogens with zero attached hydrogens (tertiary/aromatic N) is 1. The minimum Gasteiger partial charge on any atom is -0.313 e. The molecule has 1 heterocycles. The van der Waals surface area contributed by atoms with Crippen LogP contribution in [0.15, 0.2) is 42.9 Å². The molecule has 0 bridgehead atoms. The molecule has 2 aromatic rings. The molecule has 1 aromatic carbocycles. The molecule has 1 aromatic heterocycles. The van der Waals surface area contributed by atoms with E-state index in [-0.39, 0.29) is 5.56 Å². The van der Waals surface area contributed by atoms with Crippen LogP contribution >= 0.6 is 31.9 Å². The Morgan fingerprint density at radius 2 is 1.95 bits per heavy atom. The van der Waals surface area contributed by atoms with Gasteiger partial charge in [0.15, 0.2) is 5.78 Å². The van der Waals surface area contributed by atoms with E-state index in [0.717, 1.165) is 15.2 Å². The summed E-state index contributed by atoms with van der Waals surface area (Å²) in [6, 6.07) is 5.02. The fraction of sp³-hybridized carbons (Fsp3) is 0.0833. The summed E-state index contributed by atoms with van der Waals surface area (Å²) in [7, 11) is 0. The number of rotatable bonds is 2. The molecule has 0 radical (unpaired) electrons. The van der Waals surface area contributed by atoms with Crippen LogP contribution in [0.1, 0.15) is 17.3 Å². The first-order valence-corrected chi connectivity index (χ1v) is 6.81. The Morgan fingerprint density at radius 1 is 1.26 bits per heavy atom. The zero-order valence-corrected chi connectivity index (χ0v) is 12.9. The number of hydrogen-bond acceptors (Lipinski definition) is 3. The summed E-state index contributed by atoms with van der Waals surface area (Å²) in [5.74, 6) is -0.400. The Bertz CT molecular complexity index is 777. The fourth-order valence-electron chi connectivity index (χ4n) is 1.61. The number of benzene rings is 1. The van der Waals surface area contributed by atoms with Gasteiger partial charge in [-0.1, -0.05) is 15.9 Å². The summed E-state index contributed by atoms with van der Waals surface area (Å²) < 4.78 is 2.29. The highest BCUT2D eigenvalue weighted by atomic mass is 79.9. The minimum absolute atomic E-state index is 0.0607. The molecule has 7 heteroatoms. The number of carbonyl (C=O) groups is 1. The predicted octanol–water partition coefficient (Wildman–Crippen LogP) is 2.25. The molecule has 0 aliphatic rings. The van der Waals surface area contributed by atoms with Crippen LogP contribution in [0.4, 0.5) is 0 Å². The molecule has 2 rings (SSSR count). The van der Waals surface area contributed by atoms with Gasteiger partial charge in [0, 0.05) is 15.1 Å². The van der Waals surface area contributed by atoms with Crippen LogP contribution in [0.2, 0.25) is 0 Å². The molecule has 98 valence electrons. The summed E-state index contributed by atoms with van der Waals surface area (Å²) >= 11 is 6.57. The zero-order valence-electron chi connectivity index (χ0n) is 9.74. The molecular weight excluding hydrogens is 380 g/mol. The molecule has 5 nitrogen and oxygen atoms in total. The van der Waals surface area contributed by atoms with Gasteiger partial charge >= 0.3 is 5.69 Å². The van der Waals surface area contributed by atoms with E-state index in [1.165, 1.54) is 6.92 Å². The summed E-state index contributed by atoms with van der Waals surface area (Å²) in [6.07, 6.45) is 1.14. The largest absolute Gasteiger partial charge is 0.333 e. The lowest BCUT2D eigenvalue weighted by atomic mass is 10.2. The van der Waals surface area contributed by atoms with Gasteiger partial charge in [-0.05, 0) is 41.1 Å². The van der Waals surface area contributed by atoms with E-state index in [2.05, 4.69) is 36.8 Å². The second-order valence-corrected chi connectivity index (χ2v) is 5.57. The maximum atomic E-state index is 12.2. The number of H-pyrrole nitrogens is 1. The molecule has 19 heavy (non-hydrogen) atoms. The molecule has 0 spiro atoms. The fourth-order valence-corrected chi connectivity index (χ4v) is 2.83. The van der Waals surface area contributed by atoms with Crippen LogP contribution in [0.25, 0.3) is 5.69 Å². The zero-order chi connectivity index (χ0) is 14.2. The quantitative estimate of drug-likeness (QED) is 0.803. The Hall–Kier alpha value is -1.47. The number of Topliss-reactive ketones (excluding diaryl/α,β-unsaturated/α-hetero) is 1. The highest BCUT2D eigenvalue weighted by Crippen LogP contribution is 2.23. The molecule has 0 fully saturated rings. The lowest BCUT2D eigenvalue weighted by Crippen LogP contribution is -2.36. The number of carbonyl (C=O) groups excluding carboxylic acids is 1. The van der Waals surface area contributed by atoms with Crippen molar-refractivity contribution in [3.63, 3.8) is 0 Å². The molecule has 1 N–H and O–H groups in total. The van der Waals surface area contributed by atoms with Gasteiger partial charge in [-0.2, -0.15) is 0 Å². The Morgan fingerprint density at radius 3 is 2.53 bits per heavy atom. The summed E-state index contributed by atoms with van der Waals surface area (Å²) in [5, 5.41) is 0. The second-order valence-electron chi connectivity index (χ2n) is 3.80. The average molecular weight is 388 g/mol. The lowest BCUT2D eigenvalue weighted by Gasteiger charge is -2.08. The van der Waals surface area contributed by atoms with Crippen molar-refractivity contribution in [2.75, 3.05) is 0 Å². The van der Waals surface area contributed by atoms with Gasteiger partial charge in [0.05, 0.1) is 11.3 Å². The molecule has 0 aliphatic heterocycles. The number of aromatic nitrogens is 2. The van der Waals surface area contributed by atoms with E-state index in [0.29, 0.717) is 10.2 Å². The van der Waals surface area contributed by atoms with Crippen LogP contribution in [0, 0.1) is 0 Å². The van der Waals surface area contributed by atoms with Crippen molar-refractivity contribution < 1.29 is 4.79 Å². The number of nitrogens with one attached hydrogen (secondary N) is 1. The number of ketones is 1. The van der Waals surface area contributed by atoms with E-state index in [9.17, 15) is 14.4 Å². The first-order valence-electron chi connectivity index (χ1n) is 5.23. The smallest absolute Gasteiger partial charge is 0.313 e. The van der Waals surface area contributed by atoms with Gasteiger partial charge in [0.1, 0.15) is 0 Å². The molecule has 0 saturated carbocycles. The van der Waals surface area contributed by atoms with Gasteiger partial charge in [-0.15, -0.1) is 0 Å². The van der Waals surface area contributed by atoms with Crippen LogP contribution in [-0.4, -0.2) is 15.3 Å². The van der Waals surface area contributed by atoms with Crippen molar-refractivity contribution in [1.29, 1.82) is 0 Å². The third-order valence-corrected chi connectivity index (χ3v) is 3.63. The molecule has 0 atom stereocenters. The van der Waals surface area contributed by atoms with Gasteiger partial charge < -0.3 is 4.98 Å². The molecule has 0 saturated heterocycles. The first-order chi connectivity index (χ1) is 8.91. The maximum Gasteiger partial charge on any atom is 0.333 e. The van der Waals surface area contributed by atoms with E-state index in [1.807, 2.05) is 0 Å². The van der Waals surface area contributed by atoms with Crippen LogP contribution < -0.4 is 11.2 Å². The van der Waals surface area contributed by atoms with E-state index in [4.69, 9.17) is 0 Å². The Balaban J connectivity index is 2.82. The topological polar surface area (TPSA) is 71.9 Å². The maximum absolute atomic E-state index is 12.2. The second kappa shape index (κ2) is 5.26. The van der Waals surface area contributed by atoms with Crippen molar-refractivity contribution in [2.24, 2.45) is 0 Å². The van der Waals surface area contributed by atoms with Crippen molar-refractivity contribution in [2.45, 2.75) is 6.92 Å². The van der Waals surface area contributed by atoms with Gasteiger partial charge in [-0.3, -0.25) is 9.59 Å². The SMILES string of the molecule is CC(=O)c1c[nH]c(=O)n(-c2ccc(Br)cc2Br)c1=O. The van der Waals surface area contributed by atoms with Crippen molar-refractivity contribution in [3.8, 4) is 5.69 Å². The standard InChI is InChI=1S/C12H8Br2N2O3/c1-6(17)8-5-15-12(19)16(11(8)18)10-3-2-7(13)4-9(10)14/h2-5H,1H3,(H,15,19). The lowest BCUT2D eigenvalue weighted by molar-refractivity contribution is 0.101. The summed E-state index contributed by atoms with van der Waals surface area (Å²) in [4.78, 5) is 37.7. The molecule has 0 amide bonds. The highest BCUT2D eigenvalue weighted by molar-refractivity contribution is 9.11. The minimum atomic E-state index is -0.640. The third-order valence-electron chi connectivity index (χ3n) is 2.51. The average Bonchev–Trinajstić information content (AvgIpc) is 2.31. The number of halogens is 2. The van der Waals surface area contributed by atoms with Crippen LogP contribution in [-0.2, 0) is 0 Å². The normalized spacial score (nSPS) is 10.5. The predicted molar refractivity (Wildman–Crippen MR) is 78.1 cm³/mol. The van der Waals surface area contributed by atoms with Crippen molar-refractivity contribution >= 4 is 37.6 Å². The molecular formula is C12H8Br2N2O3. The molecule has 0 aliphatic carbocycles. The van der Waals surface area contributed by atoms with Gasteiger partial charge in [0.2, 0.25) is 0 Å². The van der Waals surface area contributed by atoms with Gasteiger partial charge in [0.25, 0.3) is 5.56 Å². The van der Waals surface area contributed by atoms with E-state index >= 15 is 0 Å². The van der Waals surface area contributed by atoms with Crippen LogP contribution in [0.3, 0.4) is 0 Å². The Labute approximate surface area is 124 Å². The number of aromatic amines is 1.